The molecular formula is C25H23Cl2F2N7O2. The van der Waals surface area contributed by atoms with Gasteiger partial charge >= 0.3 is 5.92 Å². The molecule has 2 aromatic heterocycles. The van der Waals surface area contributed by atoms with Gasteiger partial charge < -0.3 is 9.32 Å². The van der Waals surface area contributed by atoms with Crippen LogP contribution in [0.3, 0.4) is 0 Å². The Morgan fingerprint density at radius 1 is 1.21 bits per heavy atom. The number of amides is 1. The highest BCUT2D eigenvalue weighted by Crippen LogP contribution is 2.50. The van der Waals surface area contributed by atoms with Crippen molar-refractivity contribution >= 4 is 29.1 Å². The van der Waals surface area contributed by atoms with Crippen molar-refractivity contribution in [3.8, 4) is 6.07 Å². The van der Waals surface area contributed by atoms with Crippen LogP contribution in [-0.4, -0.2) is 62.1 Å². The third-order valence-electron chi connectivity index (χ3n) is 7.12. The summed E-state index contributed by atoms with van der Waals surface area (Å²) in [5.41, 5.74) is -1.36. The molecule has 2 aliphatic heterocycles. The van der Waals surface area contributed by atoms with Crippen LogP contribution in [0.2, 0.25) is 10.0 Å². The van der Waals surface area contributed by atoms with Gasteiger partial charge in [-0.3, -0.25) is 19.7 Å². The minimum absolute atomic E-state index is 0.0162. The first-order chi connectivity index (χ1) is 17.9. The van der Waals surface area contributed by atoms with Gasteiger partial charge in [0.2, 0.25) is 11.8 Å². The third kappa shape index (κ3) is 4.61. The SMILES string of the molecule is CC(C)(C#N)C(=O)N1CC2(CN(Cc3cnccn3)CC2c2nnc(C(F)(F)c3ccc(Cl)c(Cl)c3)o2)C1. The van der Waals surface area contributed by atoms with Crippen LogP contribution in [0.4, 0.5) is 8.78 Å². The number of likely N-dealkylation sites (tertiary alicyclic amines) is 2. The van der Waals surface area contributed by atoms with Crippen molar-refractivity contribution in [2.45, 2.75) is 32.2 Å². The number of carbonyl (C=O) groups excluding carboxylic acids is 1. The number of alkyl halides is 2. The Morgan fingerprint density at radius 2 is 1.97 bits per heavy atom. The lowest BCUT2D eigenvalue weighted by Gasteiger charge is -2.51. The molecule has 1 unspecified atom stereocenters. The van der Waals surface area contributed by atoms with Crippen LogP contribution in [0.25, 0.3) is 0 Å². The number of carbonyl (C=O) groups is 1. The molecule has 0 aliphatic carbocycles. The Balaban J connectivity index is 1.42. The second kappa shape index (κ2) is 9.52. The first kappa shape index (κ1) is 26.4. The molecule has 3 aromatic rings. The van der Waals surface area contributed by atoms with Crippen molar-refractivity contribution in [2.24, 2.45) is 10.8 Å². The van der Waals surface area contributed by atoms with E-state index in [-0.39, 0.29) is 21.8 Å². The standard InChI is InChI=1S/C25H23Cl2F2N7O2/c1-23(2,11-30)22(37)36-13-24(14-36)12-35(9-16-8-31-5-6-32-16)10-17(24)20-33-34-21(38-20)25(28,29)15-3-4-18(26)19(27)7-15/h3-8,17H,9-10,12-14H2,1-2H3. The summed E-state index contributed by atoms with van der Waals surface area (Å²) in [5, 5.41) is 17.2. The Kier molecular flexibility index (Phi) is 6.62. The van der Waals surface area contributed by atoms with Crippen LogP contribution in [0.15, 0.2) is 41.2 Å². The summed E-state index contributed by atoms with van der Waals surface area (Å²) in [6.07, 6.45) is 4.84. The summed E-state index contributed by atoms with van der Waals surface area (Å²) in [7, 11) is 0. The second-order valence-electron chi connectivity index (χ2n) is 10.3. The fourth-order valence-corrected chi connectivity index (χ4v) is 5.41. The van der Waals surface area contributed by atoms with E-state index in [4.69, 9.17) is 27.6 Å². The van der Waals surface area contributed by atoms with Crippen LogP contribution in [-0.2, 0) is 17.3 Å². The van der Waals surface area contributed by atoms with Crippen molar-refractivity contribution in [3.63, 3.8) is 0 Å². The van der Waals surface area contributed by atoms with E-state index < -0.39 is 34.1 Å². The number of halogens is 4. The number of nitrogens with zero attached hydrogens (tertiary/aromatic N) is 7. The number of rotatable bonds is 6. The smallest absolute Gasteiger partial charge is 0.349 e. The molecule has 1 aromatic carbocycles. The maximum absolute atomic E-state index is 15.3. The molecule has 2 fully saturated rings. The highest BCUT2D eigenvalue weighted by atomic mass is 35.5. The van der Waals surface area contributed by atoms with Crippen molar-refractivity contribution in [1.29, 1.82) is 5.26 Å². The average Bonchev–Trinajstić information content (AvgIpc) is 3.50. The lowest BCUT2D eigenvalue weighted by Crippen LogP contribution is -2.63. The first-order valence-electron chi connectivity index (χ1n) is 11.8. The fourth-order valence-electron chi connectivity index (χ4n) is 5.11. The lowest BCUT2D eigenvalue weighted by atomic mass is 9.70. The monoisotopic (exact) mass is 561 g/mol. The van der Waals surface area contributed by atoms with Crippen LogP contribution in [0.5, 0.6) is 0 Å². The van der Waals surface area contributed by atoms with E-state index in [1.807, 2.05) is 6.07 Å². The molecule has 2 saturated heterocycles. The van der Waals surface area contributed by atoms with Gasteiger partial charge in [-0.15, -0.1) is 10.2 Å². The van der Waals surface area contributed by atoms with Gasteiger partial charge in [-0.25, -0.2) is 0 Å². The van der Waals surface area contributed by atoms with Crippen LogP contribution < -0.4 is 0 Å². The van der Waals surface area contributed by atoms with Gasteiger partial charge in [0.05, 0.1) is 27.7 Å². The zero-order valence-electron chi connectivity index (χ0n) is 20.5. The normalized spacial score (nSPS) is 19.4. The van der Waals surface area contributed by atoms with E-state index in [2.05, 4.69) is 25.1 Å². The highest BCUT2D eigenvalue weighted by molar-refractivity contribution is 6.42. The molecule has 198 valence electrons. The molecule has 0 saturated carbocycles. The van der Waals surface area contributed by atoms with E-state index >= 15 is 8.78 Å². The average molecular weight is 562 g/mol. The number of aromatic nitrogens is 4. The number of benzene rings is 1. The molecule has 9 nitrogen and oxygen atoms in total. The Bertz CT molecular complexity index is 1400. The number of hydrogen-bond acceptors (Lipinski definition) is 8. The van der Waals surface area contributed by atoms with Gasteiger partial charge in [0.1, 0.15) is 5.41 Å². The molecule has 0 radical (unpaired) electrons. The van der Waals surface area contributed by atoms with Gasteiger partial charge in [0, 0.05) is 62.3 Å². The molecule has 1 spiro atoms. The molecule has 0 N–H and O–H groups in total. The Labute approximate surface area is 227 Å². The van der Waals surface area contributed by atoms with Crippen LogP contribution >= 0.6 is 23.2 Å². The molecule has 1 atom stereocenters. The van der Waals surface area contributed by atoms with Crippen LogP contribution in [0, 0.1) is 22.2 Å². The predicted octanol–water partition coefficient (Wildman–Crippen LogP) is 4.28. The summed E-state index contributed by atoms with van der Waals surface area (Å²) < 4.78 is 36.2. The molecular weight excluding hydrogens is 539 g/mol. The van der Waals surface area contributed by atoms with E-state index in [0.29, 0.717) is 32.7 Å². The van der Waals surface area contributed by atoms with Gasteiger partial charge in [0.15, 0.2) is 0 Å². The van der Waals surface area contributed by atoms with Crippen molar-refractivity contribution in [1.82, 2.24) is 30.0 Å². The first-order valence-corrected chi connectivity index (χ1v) is 12.6. The molecule has 38 heavy (non-hydrogen) atoms. The zero-order chi connectivity index (χ0) is 27.3. The van der Waals surface area contributed by atoms with Crippen molar-refractivity contribution in [2.75, 3.05) is 26.2 Å². The highest BCUT2D eigenvalue weighted by Gasteiger charge is 2.59. The minimum atomic E-state index is -3.59. The predicted molar refractivity (Wildman–Crippen MR) is 132 cm³/mol. The van der Waals surface area contributed by atoms with Gasteiger partial charge in [-0.05, 0) is 26.0 Å². The number of nitriles is 1. The maximum atomic E-state index is 15.3. The molecule has 2 aliphatic rings. The molecule has 5 rings (SSSR count). The minimum Gasteiger partial charge on any atom is -0.419 e. The van der Waals surface area contributed by atoms with E-state index in [1.165, 1.54) is 6.07 Å². The largest absolute Gasteiger partial charge is 0.419 e. The Hall–Kier alpha value is -3.20. The molecule has 0 bridgehead atoms. The quantitative estimate of drug-likeness (QED) is 0.438. The zero-order valence-corrected chi connectivity index (χ0v) is 22.0. The summed E-state index contributed by atoms with van der Waals surface area (Å²) in [5.74, 6) is -5.09. The summed E-state index contributed by atoms with van der Waals surface area (Å²) in [6, 6.07) is 5.55. The van der Waals surface area contributed by atoms with Crippen molar-refractivity contribution < 1.29 is 18.0 Å². The van der Waals surface area contributed by atoms with Crippen LogP contribution in [0.1, 0.15) is 42.8 Å². The second-order valence-corrected chi connectivity index (χ2v) is 11.1. The molecule has 4 heterocycles. The summed E-state index contributed by atoms with van der Waals surface area (Å²) in [6.45, 7) is 5.26. The Morgan fingerprint density at radius 3 is 2.63 bits per heavy atom. The van der Waals surface area contributed by atoms with Gasteiger partial charge in [0.25, 0.3) is 5.89 Å². The third-order valence-corrected chi connectivity index (χ3v) is 7.86. The summed E-state index contributed by atoms with van der Waals surface area (Å²) >= 11 is 11.8. The molecule has 13 heteroatoms. The van der Waals surface area contributed by atoms with Gasteiger partial charge in [-0.2, -0.15) is 14.0 Å². The van der Waals surface area contributed by atoms with Crippen molar-refractivity contribution in [3.05, 3.63) is 69.9 Å². The summed E-state index contributed by atoms with van der Waals surface area (Å²) in [4.78, 5) is 25.0. The van der Waals surface area contributed by atoms with E-state index in [0.717, 1.165) is 17.8 Å². The fraction of sp³-hybridized carbons (Fsp3) is 0.440. The van der Waals surface area contributed by atoms with Gasteiger partial charge in [-0.1, -0.05) is 29.3 Å². The topological polar surface area (TPSA) is 112 Å². The lowest BCUT2D eigenvalue weighted by molar-refractivity contribution is -0.150. The van der Waals surface area contributed by atoms with E-state index in [1.54, 1.807) is 37.3 Å². The van der Waals surface area contributed by atoms with E-state index in [9.17, 15) is 10.1 Å². The number of hydrogen-bond donors (Lipinski definition) is 0. The molecule has 1 amide bonds. The maximum Gasteiger partial charge on any atom is 0.349 e.